The van der Waals surface area contributed by atoms with Crippen LogP contribution in [0.3, 0.4) is 0 Å². The van der Waals surface area contributed by atoms with Gasteiger partial charge in [0.2, 0.25) is 0 Å². The van der Waals surface area contributed by atoms with Gasteiger partial charge in [-0.05, 0) is 38.1 Å². The predicted molar refractivity (Wildman–Crippen MR) is 75.5 cm³/mol. The molecule has 0 aromatic carbocycles. The van der Waals surface area contributed by atoms with Gasteiger partial charge in [0, 0.05) is 10.9 Å². The molecule has 20 heavy (non-hydrogen) atoms. The Morgan fingerprint density at radius 3 is 2.65 bits per heavy atom. The zero-order valence-electron chi connectivity index (χ0n) is 11.6. The molecular weight excluding hydrogens is 278 g/mol. The number of nitrogens with zero attached hydrogens (tertiary/aromatic N) is 1. The summed E-state index contributed by atoms with van der Waals surface area (Å²) >= 11 is 1.61. The van der Waals surface area contributed by atoms with Gasteiger partial charge in [-0.3, -0.25) is 4.79 Å². The van der Waals surface area contributed by atoms with E-state index in [-0.39, 0.29) is 11.9 Å². The van der Waals surface area contributed by atoms with Gasteiger partial charge in [-0.1, -0.05) is 6.07 Å². The van der Waals surface area contributed by atoms with Gasteiger partial charge < -0.3 is 14.7 Å². The minimum Gasteiger partial charge on any atom is -0.479 e. The summed E-state index contributed by atoms with van der Waals surface area (Å²) < 4.78 is 5.35. The molecule has 0 unspecified atom stereocenters. The van der Waals surface area contributed by atoms with Crippen molar-refractivity contribution < 1.29 is 19.4 Å². The van der Waals surface area contributed by atoms with Crippen molar-refractivity contribution in [3.05, 3.63) is 22.4 Å². The van der Waals surface area contributed by atoms with Crippen LogP contribution in [0.1, 0.15) is 31.6 Å². The molecule has 110 valence electrons. The monoisotopic (exact) mass is 297 g/mol. The summed E-state index contributed by atoms with van der Waals surface area (Å²) in [6.45, 7) is 4.45. The molecule has 2 atom stereocenters. The second-order valence-electron chi connectivity index (χ2n) is 5.17. The summed E-state index contributed by atoms with van der Waals surface area (Å²) in [5.74, 6) is -1.10. The molecule has 2 heterocycles. The molecular formula is C14H19NO4S. The standard InChI is InChI=1S/C14H19NO4S/c1-9(2)15(8-10-4-3-7-20-10)13(16)11-5-6-12(19-11)14(17)18/h3-4,7,9,11-12H,5-6,8H2,1-2H3,(H,17,18)/t11-,12+/m0/s1. The lowest BCUT2D eigenvalue weighted by atomic mass is 10.1. The molecule has 0 spiro atoms. The van der Waals surface area contributed by atoms with Gasteiger partial charge in [-0.25, -0.2) is 4.79 Å². The van der Waals surface area contributed by atoms with E-state index in [9.17, 15) is 9.59 Å². The van der Waals surface area contributed by atoms with Gasteiger partial charge >= 0.3 is 5.97 Å². The normalized spacial score (nSPS) is 22.1. The number of carboxylic acid groups (broad SMARTS) is 1. The van der Waals surface area contributed by atoms with Crippen molar-refractivity contribution >= 4 is 23.2 Å². The highest BCUT2D eigenvalue weighted by Gasteiger charge is 2.37. The molecule has 1 aliphatic heterocycles. The third-order valence-electron chi connectivity index (χ3n) is 3.38. The molecule has 1 amide bonds. The molecule has 5 nitrogen and oxygen atoms in total. The van der Waals surface area contributed by atoms with Crippen LogP contribution in [0, 0.1) is 0 Å². The second kappa shape index (κ2) is 6.37. The fourth-order valence-electron chi connectivity index (χ4n) is 2.27. The minimum absolute atomic E-state index is 0.0529. The zero-order valence-corrected chi connectivity index (χ0v) is 12.4. The fourth-order valence-corrected chi connectivity index (χ4v) is 2.97. The van der Waals surface area contributed by atoms with Crippen LogP contribution >= 0.6 is 11.3 Å². The van der Waals surface area contributed by atoms with Gasteiger partial charge in [0.1, 0.15) is 6.10 Å². The third kappa shape index (κ3) is 3.37. The molecule has 0 bridgehead atoms. The summed E-state index contributed by atoms with van der Waals surface area (Å²) in [5, 5.41) is 10.9. The Morgan fingerprint density at radius 2 is 2.15 bits per heavy atom. The van der Waals surface area contributed by atoms with Gasteiger partial charge in [-0.15, -0.1) is 11.3 Å². The van der Waals surface area contributed by atoms with E-state index in [1.165, 1.54) is 0 Å². The fraction of sp³-hybridized carbons (Fsp3) is 0.571. The van der Waals surface area contributed by atoms with Crippen molar-refractivity contribution in [1.29, 1.82) is 0 Å². The highest BCUT2D eigenvalue weighted by Crippen LogP contribution is 2.24. The van der Waals surface area contributed by atoms with Gasteiger partial charge in [0.25, 0.3) is 5.91 Å². The first-order valence-corrected chi connectivity index (χ1v) is 7.58. The lowest BCUT2D eigenvalue weighted by Crippen LogP contribution is -2.43. The number of aliphatic carboxylic acids is 1. The minimum atomic E-state index is -0.991. The summed E-state index contributed by atoms with van der Waals surface area (Å²) in [6.07, 6.45) is -0.599. The first-order chi connectivity index (χ1) is 9.49. The van der Waals surface area contributed by atoms with Crippen LogP contribution < -0.4 is 0 Å². The van der Waals surface area contributed by atoms with Crippen LogP contribution in [0.5, 0.6) is 0 Å². The zero-order chi connectivity index (χ0) is 14.7. The number of carbonyl (C=O) groups excluding carboxylic acids is 1. The topological polar surface area (TPSA) is 66.8 Å². The summed E-state index contributed by atoms with van der Waals surface area (Å²) in [5.41, 5.74) is 0. The van der Waals surface area contributed by atoms with Crippen LogP contribution in [0.25, 0.3) is 0 Å². The molecule has 1 N–H and O–H groups in total. The van der Waals surface area contributed by atoms with Crippen molar-refractivity contribution in [2.45, 2.75) is 51.5 Å². The second-order valence-corrected chi connectivity index (χ2v) is 6.20. The number of rotatable bonds is 5. The maximum atomic E-state index is 12.5. The highest BCUT2D eigenvalue weighted by molar-refractivity contribution is 7.09. The number of carbonyl (C=O) groups is 2. The average molecular weight is 297 g/mol. The summed E-state index contributed by atoms with van der Waals surface area (Å²) in [4.78, 5) is 26.2. The van der Waals surface area contributed by atoms with Crippen molar-refractivity contribution in [3.63, 3.8) is 0 Å². The smallest absolute Gasteiger partial charge is 0.332 e. The molecule has 1 fully saturated rings. The Labute approximate surface area is 122 Å². The Bertz CT molecular complexity index is 472. The van der Waals surface area contributed by atoms with Gasteiger partial charge in [0.05, 0.1) is 6.54 Å². The number of hydrogen-bond acceptors (Lipinski definition) is 4. The summed E-state index contributed by atoms with van der Waals surface area (Å²) in [6, 6.07) is 4.00. The van der Waals surface area contributed by atoms with E-state index in [1.807, 2.05) is 31.4 Å². The van der Waals surface area contributed by atoms with Crippen LogP contribution in [0.15, 0.2) is 17.5 Å². The van der Waals surface area contributed by atoms with E-state index in [2.05, 4.69) is 0 Å². The Hall–Kier alpha value is -1.40. The first kappa shape index (κ1) is 15.0. The Kier molecular flexibility index (Phi) is 4.77. The van der Waals surface area contributed by atoms with Crippen LogP contribution in [-0.2, 0) is 20.9 Å². The van der Waals surface area contributed by atoms with Crippen LogP contribution in [0.4, 0.5) is 0 Å². The van der Waals surface area contributed by atoms with Crippen LogP contribution in [0.2, 0.25) is 0 Å². The van der Waals surface area contributed by atoms with Gasteiger partial charge in [-0.2, -0.15) is 0 Å². The molecule has 0 aliphatic carbocycles. The van der Waals surface area contributed by atoms with E-state index in [4.69, 9.17) is 9.84 Å². The lowest BCUT2D eigenvalue weighted by molar-refractivity contribution is -0.155. The molecule has 1 aliphatic rings. The van der Waals surface area contributed by atoms with Crippen molar-refractivity contribution in [2.24, 2.45) is 0 Å². The number of thiophene rings is 1. The van der Waals surface area contributed by atoms with Crippen molar-refractivity contribution in [1.82, 2.24) is 4.90 Å². The molecule has 0 radical (unpaired) electrons. The Balaban J connectivity index is 2.02. The first-order valence-electron chi connectivity index (χ1n) is 6.70. The van der Waals surface area contributed by atoms with Crippen molar-refractivity contribution in [2.75, 3.05) is 0 Å². The average Bonchev–Trinajstić information content (AvgIpc) is 3.06. The molecule has 2 rings (SSSR count). The van der Waals surface area contributed by atoms with E-state index < -0.39 is 18.2 Å². The largest absolute Gasteiger partial charge is 0.479 e. The summed E-state index contributed by atoms with van der Waals surface area (Å²) in [7, 11) is 0. The molecule has 0 saturated carbocycles. The maximum Gasteiger partial charge on any atom is 0.332 e. The predicted octanol–water partition coefficient (Wildman–Crippen LogP) is 2.12. The Morgan fingerprint density at radius 1 is 1.45 bits per heavy atom. The van der Waals surface area contributed by atoms with Crippen molar-refractivity contribution in [3.8, 4) is 0 Å². The van der Waals surface area contributed by atoms with E-state index in [0.717, 1.165) is 4.88 Å². The SMILES string of the molecule is CC(C)N(Cc1cccs1)C(=O)[C@@H]1CC[C@H](C(=O)O)O1. The third-order valence-corrected chi connectivity index (χ3v) is 4.24. The maximum absolute atomic E-state index is 12.5. The molecule has 1 saturated heterocycles. The van der Waals surface area contributed by atoms with Crippen LogP contribution in [-0.4, -0.2) is 40.1 Å². The number of amides is 1. The number of hydrogen-bond donors (Lipinski definition) is 1. The molecule has 6 heteroatoms. The quantitative estimate of drug-likeness (QED) is 0.904. The van der Waals surface area contributed by atoms with E-state index in [0.29, 0.717) is 19.4 Å². The molecule has 1 aromatic heterocycles. The molecule has 1 aromatic rings. The van der Waals surface area contributed by atoms with E-state index >= 15 is 0 Å². The number of carboxylic acids is 1. The highest BCUT2D eigenvalue weighted by atomic mass is 32.1. The van der Waals surface area contributed by atoms with Gasteiger partial charge in [0.15, 0.2) is 6.10 Å². The lowest BCUT2D eigenvalue weighted by Gasteiger charge is -2.28. The number of ether oxygens (including phenoxy) is 1. The van der Waals surface area contributed by atoms with E-state index in [1.54, 1.807) is 16.2 Å².